The first-order valence-electron chi connectivity index (χ1n) is 21.9. The van der Waals surface area contributed by atoms with E-state index in [9.17, 15) is 39.0 Å². The normalized spacial score (nSPS) is 12.9. The molecule has 0 saturated carbocycles. The molecule has 0 saturated heterocycles. The van der Waals surface area contributed by atoms with E-state index in [0.29, 0.717) is 27.7 Å². The molecule has 0 fully saturated rings. The summed E-state index contributed by atoms with van der Waals surface area (Å²) in [6.45, 7) is 2.96. The predicted octanol–water partition coefficient (Wildman–Crippen LogP) is 7.25. The van der Waals surface area contributed by atoms with E-state index >= 15 is 0 Å². The van der Waals surface area contributed by atoms with Crippen LogP contribution in [0.3, 0.4) is 0 Å². The molecule has 19 heteroatoms. The number of fused-ring (bicyclic) bond motifs is 2. The first-order chi connectivity index (χ1) is 34.6. The lowest BCUT2D eigenvalue weighted by molar-refractivity contribution is 0.0677. The summed E-state index contributed by atoms with van der Waals surface area (Å²) in [5.74, 6) is -3.76. The number of aliphatic hydroxyl groups is 2. The Morgan fingerprint density at radius 1 is 0.528 bits per heavy atom. The lowest BCUT2D eigenvalue weighted by atomic mass is 9.78. The number of hydrogen-bond acceptors (Lipinski definition) is 17. The molecule has 9 rings (SSSR count). The van der Waals surface area contributed by atoms with Gasteiger partial charge < -0.3 is 38.6 Å². The molecule has 1 aromatic heterocycles. The number of rotatable bonds is 15. The molecule has 19 nitrogen and oxygen atoms in total. The minimum Gasteiger partial charge on any atom is -0.496 e. The van der Waals surface area contributed by atoms with Crippen molar-refractivity contribution in [1.29, 1.82) is 0 Å². The van der Waals surface area contributed by atoms with Crippen molar-refractivity contribution in [3.05, 3.63) is 177 Å². The number of carbonyl (C=O) groups excluding carboxylic acids is 6. The lowest BCUT2D eigenvalue weighted by Gasteiger charge is -2.26. The molecule has 3 heterocycles. The van der Waals surface area contributed by atoms with Crippen LogP contribution in [0.25, 0.3) is 0 Å². The third-order valence-electron chi connectivity index (χ3n) is 12.1. The Kier molecular flexibility index (Phi) is 12.7. The van der Waals surface area contributed by atoms with Crippen LogP contribution in [-0.4, -0.2) is 86.9 Å². The summed E-state index contributed by atoms with van der Waals surface area (Å²) in [7, 11) is 4.04. The van der Waals surface area contributed by atoms with E-state index in [1.54, 1.807) is 42.5 Å². The van der Waals surface area contributed by atoms with Gasteiger partial charge in [0.05, 0.1) is 49.7 Å². The summed E-state index contributed by atoms with van der Waals surface area (Å²) >= 11 is 0. The zero-order chi connectivity index (χ0) is 51.0. The molecule has 6 aromatic carbocycles. The molecule has 2 aliphatic rings. The third kappa shape index (κ3) is 8.80. The van der Waals surface area contributed by atoms with Gasteiger partial charge in [-0.05, 0) is 95.1 Å². The maximum atomic E-state index is 14.1. The molecule has 2 aliphatic heterocycles. The van der Waals surface area contributed by atoms with E-state index in [4.69, 9.17) is 28.4 Å². The fourth-order valence-corrected chi connectivity index (χ4v) is 8.19. The quantitative estimate of drug-likeness (QED) is 0.0759. The van der Waals surface area contributed by atoms with Crippen molar-refractivity contribution in [1.82, 2.24) is 19.9 Å². The van der Waals surface area contributed by atoms with Gasteiger partial charge in [-0.15, -0.1) is 4.98 Å². The predicted molar refractivity (Wildman–Crippen MR) is 253 cm³/mol. The Bertz CT molecular complexity index is 3240. The van der Waals surface area contributed by atoms with Gasteiger partial charge in [-0.1, -0.05) is 62.4 Å². The summed E-state index contributed by atoms with van der Waals surface area (Å²) in [5.41, 5.74) is 1.81. The highest BCUT2D eigenvalue weighted by Gasteiger charge is 2.40. The standard InChI is InChI=1S/C53H41N5O14/c1-53(2,30-12-16-32(17-13-30)69-34-20-22-36-38(24-34)45(62)57(3)44(36)61)31-14-18-33(19-15-31)70-35-21-23-37-39(25-35)47(64)58(46(37)63)50-54-51(71-48(65)42-28(26-59)8-6-10-40(42)67-4)56-52(55-50)72-49(66)43-29(27-60)9-7-11-41(43)68-5/h6-25,59-60H,26-27H2,1-5H3. The van der Waals surface area contributed by atoms with Crippen LogP contribution >= 0.6 is 0 Å². The Morgan fingerprint density at radius 2 is 0.931 bits per heavy atom. The number of ether oxygens (including phenoxy) is 6. The van der Waals surface area contributed by atoms with Crippen molar-refractivity contribution < 1.29 is 67.4 Å². The number of benzene rings is 6. The molecule has 0 aliphatic carbocycles. The number of amides is 4. The van der Waals surface area contributed by atoms with Gasteiger partial charge in [-0.3, -0.25) is 24.1 Å². The Balaban J connectivity index is 0.938. The molecule has 72 heavy (non-hydrogen) atoms. The summed E-state index contributed by atoms with van der Waals surface area (Å²) in [6.07, 6.45) is 0. The molecule has 362 valence electrons. The molecular formula is C53H41N5O14. The number of nitrogens with zero attached hydrogens (tertiary/aromatic N) is 5. The summed E-state index contributed by atoms with van der Waals surface area (Å²) in [5, 5.41) is 20.0. The second-order valence-electron chi connectivity index (χ2n) is 16.7. The number of methoxy groups -OCH3 is 2. The molecule has 0 atom stereocenters. The van der Waals surface area contributed by atoms with Crippen LogP contribution in [0.2, 0.25) is 0 Å². The molecule has 0 radical (unpaired) electrons. The third-order valence-corrected chi connectivity index (χ3v) is 12.1. The molecule has 4 amide bonds. The molecule has 0 unspecified atom stereocenters. The number of aliphatic hydroxyl groups excluding tert-OH is 2. The molecular weight excluding hydrogens is 931 g/mol. The summed E-state index contributed by atoms with van der Waals surface area (Å²) in [6, 6.07) is 31.2. The van der Waals surface area contributed by atoms with Crippen molar-refractivity contribution in [2.75, 3.05) is 26.2 Å². The largest absolute Gasteiger partial charge is 0.496 e. The highest BCUT2D eigenvalue weighted by atomic mass is 16.6. The van der Waals surface area contributed by atoms with E-state index in [-0.39, 0.29) is 68.0 Å². The van der Waals surface area contributed by atoms with Crippen LogP contribution in [0.15, 0.2) is 121 Å². The van der Waals surface area contributed by atoms with Crippen molar-refractivity contribution in [3.8, 4) is 46.5 Å². The van der Waals surface area contributed by atoms with E-state index in [2.05, 4.69) is 28.8 Å². The fourth-order valence-electron chi connectivity index (χ4n) is 8.19. The Hall–Kier alpha value is -9.33. The zero-order valence-electron chi connectivity index (χ0n) is 39.0. The van der Waals surface area contributed by atoms with Crippen molar-refractivity contribution in [2.45, 2.75) is 32.5 Å². The number of imide groups is 2. The number of hydrogen-bond donors (Lipinski definition) is 2. The minimum absolute atomic E-state index is 0.0377. The first kappa shape index (κ1) is 47.7. The first-order valence-corrected chi connectivity index (χ1v) is 21.9. The Labute approximate surface area is 409 Å². The lowest BCUT2D eigenvalue weighted by Crippen LogP contribution is -2.32. The van der Waals surface area contributed by atoms with Gasteiger partial charge in [-0.2, -0.15) is 9.97 Å². The van der Waals surface area contributed by atoms with Gasteiger partial charge in [0.2, 0.25) is 5.95 Å². The second kappa shape index (κ2) is 19.2. The topological polar surface area (TPSA) is 243 Å². The van der Waals surface area contributed by atoms with Gasteiger partial charge in [0, 0.05) is 12.5 Å². The number of carbonyl (C=O) groups is 6. The highest BCUT2D eigenvalue weighted by Crippen LogP contribution is 2.37. The van der Waals surface area contributed by atoms with E-state index in [1.807, 2.05) is 36.4 Å². The van der Waals surface area contributed by atoms with Crippen molar-refractivity contribution in [3.63, 3.8) is 0 Å². The molecule has 7 aromatic rings. The summed E-state index contributed by atoms with van der Waals surface area (Å²) < 4.78 is 33.8. The highest BCUT2D eigenvalue weighted by molar-refractivity contribution is 6.34. The van der Waals surface area contributed by atoms with Gasteiger partial charge in [-0.25, -0.2) is 14.5 Å². The van der Waals surface area contributed by atoms with Gasteiger partial charge >= 0.3 is 24.0 Å². The number of anilines is 1. The van der Waals surface area contributed by atoms with Crippen molar-refractivity contribution >= 4 is 41.5 Å². The van der Waals surface area contributed by atoms with Crippen LogP contribution in [0.5, 0.6) is 46.5 Å². The van der Waals surface area contributed by atoms with Crippen LogP contribution < -0.4 is 33.3 Å². The van der Waals surface area contributed by atoms with Gasteiger partial charge in [0.25, 0.3) is 23.6 Å². The van der Waals surface area contributed by atoms with E-state index < -0.39 is 60.4 Å². The fraction of sp³-hybridized carbons (Fsp3) is 0.151. The van der Waals surface area contributed by atoms with Crippen LogP contribution in [0.1, 0.15) is 98.2 Å². The van der Waals surface area contributed by atoms with Crippen LogP contribution in [-0.2, 0) is 18.6 Å². The summed E-state index contributed by atoms with van der Waals surface area (Å²) in [4.78, 5) is 94.0. The molecule has 2 N–H and O–H groups in total. The molecule has 0 bridgehead atoms. The van der Waals surface area contributed by atoms with Crippen LogP contribution in [0.4, 0.5) is 5.95 Å². The SMILES string of the molecule is COc1cccc(CO)c1C(=O)Oc1nc(OC(=O)c2c(CO)cccc2OC)nc(N2C(=O)c3ccc(Oc4ccc(C(C)(C)c5ccc(Oc6ccc7c(c6)C(=O)N(C)C7=O)cc5)cc4)cc3C2=O)n1. The number of esters is 2. The van der Waals surface area contributed by atoms with Gasteiger partial charge in [0.15, 0.2) is 0 Å². The average molecular weight is 972 g/mol. The number of aromatic nitrogens is 3. The smallest absolute Gasteiger partial charge is 0.350 e. The minimum atomic E-state index is -1.11. The monoisotopic (exact) mass is 971 g/mol. The second-order valence-corrected chi connectivity index (χ2v) is 16.7. The van der Waals surface area contributed by atoms with E-state index in [1.165, 1.54) is 63.7 Å². The van der Waals surface area contributed by atoms with Crippen molar-refractivity contribution in [2.24, 2.45) is 0 Å². The maximum absolute atomic E-state index is 14.1. The van der Waals surface area contributed by atoms with Gasteiger partial charge in [0.1, 0.15) is 45.6 Å². The maximum Gasteiger partial charge on any atom is 0.350 e. The average Bonchev–Trinajstić information content (AvgIpc) is 3.76. The van der Waals surface area contributed by atoms with E-state index in [0.717, 1.165) is 16.0 Å². The zero-order valence-corrected chi connectivity index (χ0v) is 39.0. The Morgan fingerprint density at radius 3 is 1.38 bits per heavy atom. The van der Waals surface area contributed by atoms with Crippen LogP contribution in [0, 0.1) is 0 Å². The molecule has 0 spiro atoms.